The van der Waals surface area contributed by atoms with E-state index in [2.05, 4.69) is 26.6 Å². The lowest BCUT2D eigenvalue weighted by molar-refractivity contribution is -0.394. The first-order chi connectivity index (χ1) is 15.6. The monoisotopic (exact) mass is 536 g/mol. The Bertz CT molecular complexity index is 1220. The van der Waals surface area contributed by atoms with Gasteiger partial charge in [-0.05, 0) is 64.9 Å². The number of non-ortho nitro benzene ring substituents is 1. The molecule has 33 heavy (non-hydrogen) atoms. The van der Waals surface area contributed by atoms with E-state index in [-0.39, 0.29) is 39.0 Å². The number of benzene rings is 2. The van der Waals surface area contributed by atoms with Crippen molar-refractivity contribution in [1.82, 2.24) is 10.6 Å². The second-order valence-electron chi connectivity index (χ2n) is 6.33. The smallest absolute Gasteiger partial charge is 0.318 e. The Morgan fingerprint density at radius 2 is 1.73 bits per heavy atom. The van der Waals surface area contributed by atoms with Gasteiger partial charge in [0.2, 0.25) is 5.75 Å². The summed E-state index contributed by atoms with van der Waals surface area (Å²) in [6, 6.07) is 5.91. The molecule has 0 aliphatic carbocycles. The highest BCUT2D eigenvalue weighted by Crippen LogP contribution is 2.43. The van der Waals surface area contributed by atoms with Crippen LogP contribution in [0, 0.1) is 20.2 Å². The van der Waals surface area contributed by atoms with Gasteiger partial charge in [-0.2, -0.15) is 0 Å². The molecule has 2 N–H and O–H groups in total. The Kier molecular flexibility index (Phi) is 6.98. The van der Waals surface area contributed by atoms with E-state index in [4.69, 9.17) is 21.7 Å². The number of ether oxygens (including phenoxy) is 2. The zero-order valence-corrected chi connectivity index (χ0v) is 19.0. The minimum absolute atomic E-state index is 0.0506. The van der Waals surface area contributed by atoms with Gasteiger partial charge in [-0.1, -0.05) is 0 Å². The molecule has 12 nitrogen and oxygen atoms in total. The molecule has 0 atom stereocenters. The Morgan fingerprint density at radius 3 is 2.30 bits per heavy atom. The highest BCUT2D eigenvalue weighted by atomic mass is 79.9. The lowest BCUT2D eigenvalue weighted by Gasteiger charge is -2.17. The molecular weight excluding hydrogens is 524 g/mol. The third-order valence-electron chi connectivity index (χ3n) is 4.15. The quantitative estimate of drug-likeness (QED) is 0.177. The fourth-order valence-corrected chi connectivity index (χ4v) is 3.49. The van der Waals surface area contributed by atoms with Gasteiger partial charge in [0, 0.05) is 6.07 Å². The third-order valence-corrected chi connectivity index (χ3v) is 4.94. The lowest BCUT2D eigenvalue weighted by atomic mass is 10.1. The first-order valence-corrected chi connectivity index (χ1v) is 10.3. The molecule has 2 amide bonds. The van der Waals surface area contributed by atoms with Crippen molar-refractivity contribution in [3.05, 3.63) is 66.2 Å². The number of nitro groups is 2. The summed E-state index contributed by atoms with van der Waals surface area (Å²) in [5, 5.41) is 26.9. The maximum absolute atomic E-state index is 12.1. The van der Waals surface area contributed by atoms with E-state index < -0.39 is 33.0 Å². The van der Waals surface area contributed by atoms with Crippen LogP contribution in [0.4, 0.5) is 11.4 Å². The van der Waals surface area contributed by atoms with Gasteiger partial charge in [0.05, 0.1) is 27.0 Å². The van der Waals surface area contributed by atoms with Crippen LogP contribution in [-0.4, -0.2) is 33.4 Å². The van der Waals surface area contributed by atoms with E-state index in [9.17, 15) is 29.8 Å². The van der Waals surface area contributed by atoms with E-state index in [1.807, 2.05) is 0 Å². The molecule has 0 saturated carbocycles. The number of hydrogen-bond donors (Lipinski definition) is 2. The van der Waals surface area contributed by atoms with Gasteiger partial charge in [0.25, 0.3) is 17.5 Å². The minimum atomic E-state index is -0.805. The Balaban J connectivity index is 2.04. The van der Waals surface area contributed by atoms with E-state index in [0.29, 0.717) is 5.56 Å². The molecule has 1 fully saturated rings. The molecule has 1 aliphatic rings. The highest BCUT2D eigenvalue weighted by Gasteiger charge is 2.27. The van der Waals surface area contributed by atoms with Crippen LogP contribution in [0.25, 0.3) is 6.08 Å². The summed E-state index contributed by atoms with van der Waals surface area (Å²) < 4.78 is 11.5. The van der Waals surface area contributed by atoms with E-state index in [1.165, 1.54) is 18.2 Å². The van der Waals surface area contributed by atoms with E-state index >= 15 is 0 Å². The van der Waals surface area contributed by atoms with Crippen molar-refractivity contribution in [2.45, 2.75) is 6.92 Å². The van der Waals surface area contributed by atoms with Crippen LogP contribution < -0.4 is 20.1 Å². The minimum Gasteiger partial charge on any atom is -0.490 e. The number of rotatable bonds is 7. The molecule has 3 rings (SSSR count). The first kappa shape index (κ1) is 23.7. The van der Waals surface area contributed by atoms with E-state index in [1.54, 1.807) is 6.92 Å². The number of nitrogens with one attached hydrogen (secondary N) is 2. The predicted molar refractivity (Wildman–Crippen MR) is 122 cm³/mol. The normalized spacial score (nSPS) is 13.2. The SMILES string of the molecule is CCOc1cc(C=C2C(=O)NC(=S)NC2=O)cc(Br)c1Oc1ccc([N+](=O)[O-])cc1[N+](=O)[O-]. The molecule has 0 aromatic heterocycles. The van der Waals surface area contributed by atoms with Gasteiger partial charge in [-0.15, -0.1) is 0 Å². The average molecular weight is 537 g/mol. The molecule has 0 bridgehead atoms. The van der Waals surface area contributed by atoms with Crippen molar-refractivity contribution in [1.29, 1.82) is 0 Å². The molecule has 0 spiro atoms. The molecule has 1 saturated heterocycles. The summed E-state index contributed by atoms with van der Waals surface area (Å²) in [4.78, 5) is 45.0. The van der Waals surface area contributed by atoms with Crippen LogP contribution in [0.2, 0.25) is 0 Å². The van der Waals surface area contributed by atoms with Gasteiger partial charge in [-0.25, -0.2) is 0 Å². The zero-order chi connectivity index (χ0) is 24.3. The van der Waals surface area contributed by atoms with Crippen LogP contribution in [0.5, 0.6) is 17.2 Å². The largest absolute Gasteiger partial charge is 0.490 e. The molecule has 170 valence electrons. The second kappa shape index (κ2) is 9.70. The Hall–Kier alpha value is -3.91. The predicted octanol–water partition coefficient (Wildman–Crippen LogP) is 3.37. The number of nitro benzene ring substituents is 2. The van der Waals surface area contributed by atoms with Crippen molar-refractivity contribution < 1.29 is 28.9 Å². The van der Waals surface area contributed by atoms with Gasteiger partial charge in [0.15, 0.2) is 16.6 Å². The Morgan fingerprint density at radius 1 is 1.06 bits per heavy atom. The maximum atomic E-state index is 12.1. The number of carbonyl (C=O) groups is 2. The molecule has 1 heterocycles. The summed E-state index contributed by atoms with van der Waals surface area (Å²) in [7, 11) is 0. The van der Waals surface area contributed by atoms with Crippen molar-refractivity contribution in [3.63, 3.8) is 0 Å². The van der Waals surface area contributed by atoms with Crippen LogP contribution in [0.1, 0.15) is 12.5 Å². The summed E-state index contributed by atoms with van der Waals surface area (Å²) in [6.07, 6.45) is 1.30. The van der Waals surface area contributed by atoms with Crippen LogP contribution in [0.3, 0.4) is 0 Å². The second-order valence-corrected chi connectivity index (χ2v) is 7.59. The van der Waals surface area contributed by atoms with Crippen molar-refractivity contribution >= 4 is 62.5 Å². The van der Waals surface area contributed by atoms with Gasteiger partial charge in [-0.3, -0.25) is 40.5 Å². The lowest BCUT2D eigenvalue weighted by Crippen LogP contribution is -2.51. The van der Waals surface area contributed by atoms with Gasteiger partial charge >= 0.3 is 5.69 Å². The molecule has 0 radical (unpaired) electrons. The molecule has 1 aliphatic heterocycles. The molecule has 0 unspecified atom stereocenters. The van der Waals surface area contributed by atoms with Crippen LogP contribution in [-0.2, 0) is 9.59 Å². The van der Waals surface area contributed by atoms with Crippen molar-refractivity contribution in [2.24, 2.45) is 0 Å². The molecule has 2 aromatic carbocycles. The van der Waals surface area contributed by atoms with Crippen LogP contribution in [0.15, 0.2) is 40.4 Å². The maximum Gasteiger partial charge on any atom is 0.318 e. The third kappa shape index (κ3) is 5.30. The summed E-state index contributed by atoms with van der Waals surface area (Å²) in [6.45, 7) is 1.89. The number of hydrogen-bond acceptors (Lipinski definition) is 9. The number of amides is 2. The van der Waals surface area contributed by atoms with E-state index in [0.717, 1.165) is 18.2 Å². The number of carbonyl (C=O) groups excluding carboxylic acids is 2. The summed E-state index contributed by atoms with van der Waals surface area (Å²) in [5.41, 5.74) is -0.901. The number of nitrogens with zero attached hydrogens (tertiary/aromatic N) is 2. The zero-order valence-electron chi connectivity index (χ0n) is 16.6. The highest BCUT2D eigenvalue weighted by molar-refractivity contribution is 9.10. The average Bonchev–Trinajstić information content (AvgIpc) is 2.73. The molecular formula is C19H13BrN4O8S. The standard InChI is InChI=1S/C19H13BrN4O8S/c1-2-31-15-7-9(5-11-17(25)21-19(33)22-18(11)26)6-12(20)16(15)32-14-4-3-10(23(27)28)8-13(14)24(29)30/h3-8H,2H2,1H3,(H2,21,22,25,26,33). The topological polar surface area (TPSA) is 163 Å². The first-order valence-electron chi connectivity index (χ1n) is 9.06. The summed E-state index contributed by atoms with van der Waals surface area (Å²) >= 11 is 8.06. The van der Waals surface area contributed by atoms with Gasteiger partial charge < -0.3 is 9.47 Å². The van der Waals surface area contributed by atoms with Crippen LogP contribution >= 0.6 is 28.1 Å². The van der Waals surface area contributed by atoms with Crippen molar-refractivity contribution in [3.8, 4) is 17.2 Å². The Labute approximate surface area is 199 Å². The fraction of sp³-hybridized carbons (Fsp3) is 0.105. The molecule has 2 aromatic rings. The fourth-order valence-electron chi connectivity index (χ4n) is 2.76. The van der Waals surface area contributed by atoms with Gasteiger partial charge in [0.1, 0.15) is 5.57 Å². The number of thiocarbonyl (C=S) groups is 1. The molecule has 14 heteroatoms. The number of halogens is 1. The summed E-state index contributed by atoms with van der Waals surface area (Å²) in [5.74, 6) is -1.43. The van der Waals surface area contributed by atoms with Crippen molar-refractivity contribution in [2.75, 3.05) is 6.61 Å².